The van der Waals surface area contributed by atoms with Crippen LogP contribution in [0.5, 0.6) is 0 Å². The molecule has 1 heterocycles. The number of carbonyl (C=O) groups is 2. The van der Waals surface area contributed by atoms with E-state index in [0.717, 1.165) is 24.8 Å². The smallest absolute Gasteiger partial charge is 0.317 e. The molecule has 1 aliphatic rings. The minimum absolute atomic E-state index is 0.0282. The molecule has 0 saturated carbocycles. The fourth-order valence-corrected chi connectivity index (χ4v) is 3.38. The van der Waals surface area contributed by atoms with E-state index in [-0.39, 0.29) is 11.9 Å². The van der Waals surface area contributed by atoms with Gasteiger partial charge in [0.05, 0.1) is 5.41 Å². The number of aryl methyl sites for hydroxylation is 1. The number of carbonyl (C=O) groups excluding carboxylic acids is 2. The predicted molar refractivity (Wildman–Crippen MR) is 105 cm³/mol. The SMILES string of the molecule is Cc1ccccc1CNC(=O)C1(C)CCCN(C(=O)NCCC(C)C)C1. The molecule has 2 rings (SSSR count). The van der Waals surface area contributed by atoms with E-state index in [2.05, 4.69) is 24.5 Å². The number of rotatable bonds is 6. The maximum atomic E-state index is 12.8. The molecule has 0 bridgehead atoms. The Morgan fingerprint density at radius 3 is 2.65 bits per heavy atom. The molecule has 1 unspecified atom stereocenters. The van der Waals surface area contributed by atoms with Crippen LogP contribution in [0.1, 0.15) is 51.2 Å². The van der Waals surface area contributed by atoms with Gasteiger partial charge in [-0.15, -0.1) is 0 Å². The molecule has 5 nitrogen and oxygen atoms in total. The fraction of sp³-hybridized carbons (Fsp3) is 0.619. The summed E-state index contributed by atoms with van der Waals surface area (Å²) in [5.74, 6) is 0.592. The molecule has 0 radical (unpaired) electrons. The van der Waals surface area contributed by atoms with Crippen molar-refractivity contribution in [2.24, 2.45) is 11.3 Å². The zero-order valence-electron chi connectivity index (χ0n) is 16.6. The molecular weight excluding hydrogens is 326 g/mol. The predicted octanol–water partition coefficient (Wildman–Crippen LogP) is 3.47. The van der Waals surface area contributed by atoms with Gasteiger partial charge >= 0.3 is 6.03 Å². The van der Waals surface area contributed by atoms with E-state index in [0.29, 0.717) is 32.1 Å². The van der Waals surface area contributed by atoms with E-state index in [1.54, 1.807) is 4.90 Å². The first-order valence-electron chi connectivity index (χ1n) is 9.67. The van der Waals surface area contributed by atoms with Crippen molar-refractivity contribution in [2.45, 2.75) is 53.5 Å². The van der Waals surface area contributed by atoms with Gasteiger partial charge in [-0.3, -0.25) is 4.79 Å². The van der Waals surface area contributed by atoms with E-state index in [1.807, 2.05) is 38.1 Å². The van der Waals surface area contributed by atoms with Crippen molar-refractivity contribution in [3.05, 3.63) is 35.4 Å². The van der Waals surface area contributed by atoms with Crippen molar-refractivity contribution in [3.63, 3.8) is 0 Å². The minimum atomic E-state index is -0.531. The van der Waals surface area contributed by atoms with Gasteiger partial charge in [-0.2, -0.15) is 0 Å². The van der Waals surface area contributed by atoms with Gasteiger partial charge in [-0.25, -0.2) is 4.79 Å². The summed E-state index contributed by atoms with van der Waals surface area (Å²) in [7, 11) is 0. The van der Waals surface area contributed by atoms with Crippen LogP contribution < -0.4 is 10.6 Å². The summed E-state index contributed by atoms with van der Waals surface area (Å²) in [5.41, 5.74) is 1.77. The third-order valence-electron chi connectivity index (χ3n) is 5.23. The second-order valence-electron chi connectivity index (χ2n) is 8.11. The number of urea groups is 1. The summed E-state index contributed by atoms with van der Waals surface area (Å²) in [4.78, 5) is 27.0. The normalized spacial score (nSPS) is 20.1. The first-order chi connectivity index (χ1) is 12.3. The second kappa shape index (κ2) is 9.06. The van der Waals surface area contributed by atoms with Gasteiger partial charge in [0.15, 0.2) is 0 Å². The molecule has 1 aromatic rings. The van der Waals surface area contributed by atoms with E-state index < -0.39 is 5.41 Å². The lowest BCUT2D eigenvalue weighted by Crippen LogP contribution is -2.54. The van der Waals surface area contributed by atoms with Crippen LogP contribution in [-0.2, 0) is 11.3 Å². The quantitative estimate of drug-likeness (QED) is 0.817. The Morgan fingerprint density at radius 2 is 1.96 bits per heavy atom. The standard InChI is InChI=1S/C21H33N3O2/c1-16(2)10-12-22-20(26)24-13-7-11-21(4,15-24)19(25)23-14-18-9-6-5-8-17(18)3/h5-6,8-9,16H,7,10-15H2,1-4H3,(H,22,26)(H,23,25). The molecule has 0 aliphatic carbocycles. The molecule has 2 N–H and O–H groups in total. The van der Waals surface area contributed by atoms with Crippen LogP contribution in [0.15, 0.2) is 24.3 Å². The van der Waals surface area contributed by atoms with Gasteiger partial charge < -0.3 is 15.5 Å². The summed E-state index contributed by atoms with van der Waals surface area (Å²) < 4.78 is 0. The lowest BCUT2D eigenvalue weighted by atomic mass is 9.81. The van der Waals surface area contributed by atoms with Crippen molar-refractivity contribution in [1.82, 2.24) is 15.5 Å². The van der Waals surface area contributed by atoms with Crippen LogP contribution in [0, 0.1) is 18.3 Å². The van der Waals surface area contributed by atoms with Crippen molar-refractivity contribution in [2.75, 3.05) is 19.6 Å². The first kappa shape index (κ1) is 20.3. The Kier molecular flexibility index (Phi) is 7.06. The van der Waals surface area contributed by atoms with Crippen molar-refractivity contribution < 1.29 is 9.59 Å². The van der Waals surface area contributed by atoms with Crippen LogP contribution in [0.25, 0.3) is 0 Å². The number of nitrogens with one attached hydrogen (secondary N) is 2. The molecule has 1 saturated heterocycles. The maximum Gasteiger partial charge on any atom is 0.317 e. The highest BCUT2D eigenvalue weighted by molar-refractivity contribution is 5.84. The number of nitrogens with zero attached hydrogens (tertiary/aromatic N) is 1. The van der Waals surface area contributed by atoms with E-state index in [9.17, 15) is 9.59 Å². The zero-order valence-corrected chi connectivity index (χ0v) is 16.6. The van der Waals surface area contributed by atoms with Crippen LogP contribution >= 0.6 is 0 Å². The molecule has 1 fully saturated rings. The van der Waals surface area contributed by atoms with Crippen molar-refractivity contribution >= 4 is 11.9 Å². The highest BCUT2D eigenvalue weighted by Crippen LogP contribution is 2.30. The van der Waals surface area contributed by atoms with Crippen molar-refractivity contribution in [3.8, 4) is 0 Å². The van der Waals surface area contributed by atoms with Gasteiger partial charge in [-0.05, 0) is 50.2 Å². The Morgan fingerprint density at radius 1 is 1.23 bits per heavy atom. The minimum Gasteiger partial charge on any atom is -0.351 e. The lowest BCUT2D eigenvalue weighted by molar-refractivity contribution is -0.132. The molecule has 26 heavy (non-hydrogen) atoms. The van der Waals surface area contributed by atoms with Crippen molar-refractivity contribution in [1.29, 1.82) is 0 Å². The van der Waals surface area contributed by atoms with Gasteiger partial charge in [0.25, 0.3) is 0 Å². The topological polar surface area (TPSA) is 61.4 Å². The van der Waals surface area contributed by atoms with Crippen LogP contribution in [0.4, 0.5) is 4.79 Å². The van der Waals surface area contributed by atoms with Crippen LogP contribution in [0.2, 0.25) is 0 Å². The maximum absolute atomic E-state index is 12.8. The number of hydrogen-bond donors (Lipinski definition) is 2. The summed E-state index contributed by atoms with van der Waals surface area (Å²) in [6.07, 6.45) is 2.63. The van der Waals surface area contributed by atoms with Gasteiger partial charge in [-0.1, -0.05) is 38.1 Å². The monoisotopic (exact) mass is 359 g/mol. The number of piperidine rings is 1. The molecular formula is C21H33N3O2. The Labute approximate surface area is 157 Å². The van der Waals surface area contributed by atoms with Crippen LogP contribution in [0.3, 0.4) is 0 Å². The molecule has 5 heteroatoms. The van der Waals surface area contributed by atoms with Gasteiger partial charge in [0.1, 0.15) is 0 Å². The molecule has 144 valence electrons. The first-order valence-corrected chi connectivity index (χ1v) is 9.67. The molecule has 1 aliphatic heterocycles. The van der Waals surface area contributed by atoms with E-state index in [1.165, 1.54) is 5.56 Å². The number of likely N-dealkylation sites (tertiary alicyclic amines) is 1. The lowest BCUT2D eigenvalue weighted by Gasteiger charge is -2.39. The molecule has 1 atom stereocenters. The summed E-state index contributed by atoms with van der Waals surface area (Å²) in [6, 6.07) is 8.02. The average Bonchev–Trinajstić information content (AvgIpc) is 2.60. The summed E-state index contributed by atoms with van der Waals surface area (Å²) >= 11 is 0. The average molecular weight is 360 g/mol. The van der Waals surface area contributed by atoms with E-state index in [4.69, 9.17) is 0 Å². The Bertz CT molecular complexity index is 629. The molecule has 0 spiro atoms. The highest BCUT2D eigenvalue weighted by atomic mass is 16.2. The number of benzene rings is 1. The summed E-state index contributed by atoms with van der Waals surface area (Å²) in [5, 5.41) is 6.05. The Hall–Kier alpha value is -2.04. The summed E-state index contributed by atoms with van der Waals surface area (Å²) in [6.45, 7) is 10.7. The van der Waals surface area contributed by atoms with Crippen LogP contribution in [-0.4, -0.2) is 36.5 Å². The molecule has 3 amide bonds. The molecule has 0 aromatic heterocycles. The van der Waals surface area contributed by atoms with Gasteiger partial charge in [0, 0.05) is 26.2 Å². The zero-order chi connectivity index (χ0) is 19.2. The number of hydrogen-bond acceptors (Lipinski definition) is 2. The molecule has 1 aromatic carbocycles. The van der Waals surface area contributed by atoms with E-state index >= 15 is 0 Å². The third-order valence-corrected chi connectivity index (χ3v) is 5.23. The van der Waals surface area contributed by atoms with Gasteiger partial charge in [0.2, 0.25) is 5.91 Å². The largest absolute Gasteiger partial charge is 0.351 e. The highest BCUT2D eigenvalue weighted by Gasteiger charge is 2.39. The fourth-order valence-electron chi connectivity index (χ4n) is 3.38. The third kappa shape index (κ3) is 5.48. The number of amides is 3. The Balaban J connectivity index is 1.89. The second-order valence-corrected chi connectivity index (χ2v) is 8.11.